The smallest absolute Gasteiger partial charge is 0.122 e. The molecule has 0 fully saturated rings. The van der Waals surface area contributed by atoms with Crippen molar-refractivity contribution in [1.82, 2.24) is 0 Å². The second-order valence-electron chi connectivity index (χ2n) is 4.53. The summed E-state index contributed by atoms with van der Waals surface area (Å²) in [6.45, 7) is 6.83. The molecule has 2 nitrogen and oxygen atoms in total. The molecule has 0 aliphatic rings. The number of para-hydroxylation sites is 2. The minimum atomic E-state index is 0.702. The Morgan fingerprint density at radius 2 is 1.63 bits per heavy atom. The Kier molecular flexibility index (Phi) is 4.85. The number of anilines is 1. The molecule has 0 aliphatic carbocycles. The summed E-state index contributed by atoms with van der Waals surface area (Å²) in [5.74, 6) is 0.978. The zero-order chi connectivity index (χ0) is 13.5. The molecule has 0 saturated carbocycles. The van der Waals surface area contributed by atoms with Gasteiger partial charge < -0.3 is 9.64 Å². The van der Waals surface area contributed by atoms with Crippen LogP contribution in [0.4, 0.5) is 5.69 Å². The molecule has 0 heterocycles. The standard InChI is InChI=1S/C17H21NO/c1-3-18(16-10-5-4-6-11-16)13-14-19-17-12-8-7-9-15(17)2/h4-12H,3,13-14H2,1-2H3. The van der Waals surface area contributed by atoms with Crippen LogP contribution in [0.3, 0.4) is 0 Å². The van der Waals surface area contributed by atoms with Gasteiger partial charge in [0.1, 0.15) is 12.4 Å². The summed E-state index contributed by atoms with van der Waals surface area (Å²) in [5, 5.41) is 0. The lowest BCUT2D eigenvalue weighted by molar-refractivity contribution is 0.322. The van der Waals surface area contributed by atoms with Gasteiger partial charge in [-0.1, -0.05) is 36.4 Å². The molecule has 0 aromatic heterocycles. The lowest BCUT2D eigenvalue weighted by atomic mass is 10.2. The maximum absolute atomic E-state index is 5.85. The van der Waals surface area contributed by atoms with Crippen molar-refractivity contribution < 1.29 is 4.74 Å². The molecule has 0 N–H and O–H groups in total. The van der Waals surface area contributed by atoms with Crippen molar-refractivity contribution in [2.75, 3.05) is 24.6 Å². The van der Waals surface area contributed by atoms with Gasteiger partial charge in [-0.3, -0.25) is 0 Å². The molecule has 0 radical (unpaired) electrons. The number of likely N-dealkylation sites (N-methyl/N-ethyl adjacent to an activating group) is 1. The van der Waals surface area contributed by atoms with Crippen molar-refractivity contribution in [2.24, 2.45) is 0 Å². The van der Waals surface area contributed by atoms with Crippen LogP contribution in [0, 0.1) is 6.92 Å². The predicted octanol–water partition coefficient (Wildman–Crippen LogP) is 3.90. The molecule has 0 spiro atoms. The van der Waals surface area contributed by atoms with Crippen molar-refractivity contribution in [1.29, 1.82) is 0 Å². The Labute approximate surface area is 115 Å². The number of hydrogen-bond donors (Lipinski definition) is 0. The van der Waals surface area contributed by atoms with Gasteiger partial charge in [0, 0.05) is 12.2 Å². The highest BCUT2D eigenvalue weighted by Gasteiger charge is 2.04. The molecule has 2 heteroatoms. The van der Waals surface area contributed by atoms with Crippen molar-refractivity contribution in [3.8, 4) is 5.75 Å². The molecule has 0 amide bonds. The van der Waals surface area contributed by atoms with Crippen molar-refractivity contribution >= 4 is 5.69 Å². The lowest BCUT2D eigenvalue weighted by Gasteiger charge is -2.23. The maximum Gasteiger partial charge on any atom is 0.122 e. The van der Waals surface area contributed by atoms with E-state index in [9.17, 15) is 0 Å². The van der Waals surface area contributed by atoms with E-state index in [0.717, 1.165) is 18.8 Å². The van der Waals surface area contributed by atoms with Crippen LogP contribution in [0.5, 0.6) is 5.75 Å². The van der Waals surface area contributed by atoms with Crippen LogP contribution < -0.4 is 9.64 Å². The van der Waals surface area contributed by atoms with E-state index in [1.807, 2.05) is 24.3 Å². The zero-order valence-electron chi connectivity index (χ0n) is 11.7. The molecular weight excluding hydrogens is 234 g/mol. The van der Waals surface area contributed by atoms with Crippen LogP contribution in [-0.4, -0.2) is 19.7 Å². The predicted molar refractivity (Wildman–Crippen MR) is 81.0 cm³/mol. The van der Waals surface area contributed by atoms with Crippen LogP contribution in [0.1, 0.15) is 12.5 Å². The molecule has 2 rings (SSSR count). The second kappa shape index (κ2) is 6.83. The summed E-state index contributed by atoms with van der Waals surface area (Å²) >= 11 is 0. The average molecular weight is 255 g/mol. The summed E-state index contributed by atoms with van der Waals surface area (Å²) in [5.41, 5.74) is 2.43. The van der Waals surface area contributed by atoms with Crippen LogP contribution in [0.15, 0.2) is 54.6 Å². The zero-order valence-corrected chi connectivity index (χ0v) is 11.7. The number of ether oxygens (including phenoxy) is 1. The van der Waals surface area contributed by atoms with Gasteiger partial charge in [-0.15, -0.1) is 0 Å². The number of nitrogens with zero attached hydrogens (tertiary/aromatic N) is 1. The SMILES string of the molecule is CCN(CCOc1ccccc1C)c1ccccc1. The third-order valence-electron chi connectivity index (χ3n) is 3.22. The van der Waals surface area contributed by atoms with E-state index in [2.05, 4.69) is 49.1 Å². The van der Waals surface area contributed by atoms with Crippen LogP contribution >= 0.6 is 0 Å². The lowest BCUT2D eigenvalue weighted by Crippen LogP contribution is -2.28. The quantitative estimate of drug-likeness (QED) is 0.776. The minimum Gasteiger partial charge on any atom is -0.491 e. The molecule has 0 aliphatic heterocycles. The van der Waals surface area contributed by atoms with E-state index in [-0.39, 0.29) is 0 Å². The van der Waals surface area contributed by atoms with Crippen molar-refractivity contribution in [3.63, 3.8) is 0 Å². The van der Waals surface area contributed by atoms with Gasteiger partial charge in [-0.25, -0.2) is 0 Å². The third kappa shape index (κ3) is 3.75. The van der Waals surface area contributed by atoms with E-state index >= 15 is 0 Å². The number of rotatable bonds is 6. The molecular formula is C17H21NO. The monoisotopic (exact) mass is 255 g/mol. The fourth-order valence-electron chi connectivity index (χ4n) is 2.09. The van der Waals surface area contributed by atoms with Gasteiger partial charge >= 0.3 is 0 Å². The van der Waals surface area contributed by atoms with Crippen LogP contribution in [-0.2, 0) is 0 Å². The normalized spacial score (nSPS) is 10.2. The van der Waals surface area contributed by atoms with Gasteiger partial charge in [0.05, 0.1) is 6.54 Å². The van der Waals surface area contributed by atoms with Crippen LogP contribution in [0.25, 0.3) is 0 Å². The average Bonchev–Trinajstić information content (AvgIpc) is 2.46. The number of hydrogen-bond acceptors (Lipinski definition) is 2. The van der Waals surface area contributed by atoms with Gasteiger partial charge in [0.15, 0.2) is 0 Å². The van der Waals surface area contributed by atoms with E-state index in [0.29, 0.717) is 6.61 Å². The fourth-order valence-corrected chi connectivity index (χ4v) is 2.09. The van der Waals surface area contributed by atoms with Gasteiger partial charge in [-0.05, 0) is 37.6 Å². The van der Waals surface area contributed by atoms with E-state index in [1.54, 1.807) is 0 Å². The summed E-state index contributed by atoms with van der Waals surface area (Å²) in [6.07, 6.45) is 0. The largest absolute Gasteiger partial charge is 0.491 e. The maximum atomic E-state index is 5.85. The summed E-state index contributed by atoms with van der Waals surface area (Å²) in [6, 6.07) is 18.6. The van der Waals surface area contributed by atoms with Crippen molar-refractivity contribution in [2.45, 2.75) is 13.8 Å². The molecule has 0 atom stereocenters. The summed E-state index contributed by atoms with van der Waals surface area (Å²) in [4.78, 5) is 2.32. The second-order valence-corrected chi connectivity index (χ2v) is 4.53. The molecule has 0 unspecified atom stereocenters. The molecule has 2 aromatic rings. The van der Waals surface area contributed by atoms with Crippen molar-refractivity contribution in [3.05, 3.63) is 60.2 Å². The topological polar surface area (TPSA) is 12.5 Å². The Morgan fingerprint density at radius 3 is 2.32 bits per heavy atom. The van der Waals surface area contributed by atoms with E-state index in [4.69, 9.17) is 4.74 Å². The first-order valence-corrected chi connectivity index (χ1v) is 6.79. The molecule has 0 saturated heterocycles. The van der Waals surface area contributed by atoms with Gasteiger partial charge in [0.2, 0.25) is 0 Å². The summed E-state index contributed by atoms with van der Waals surface area (Å²) in [7, 11) is 0. The first kappa shape index (κ1) is 13.5. The Morgan fingerprint density at radius 1 is 0.947 bits per heavy atom. The molecule has 2 aromatic carbocycles. The van der Waals surface area contributed by atoms with E-state index in [1.165, 1.54) is 11.3 Å². The van der Waals surface area contributed by atoms with Crippen LogP contribution in [0.2, 0.25) is 0 Å². The Balaban J connectivity index is 1.89. The van der Waals surface area contributed by atoms with E-state index < -0.39 is 0 Å². The molecule has 0 bridgehead atoms. The van der Waals surface area contributed by atoms with Gasteiger partial charge in [0.25, 0.3) is 0 Å². The Bertz CT molecular complexity index is 496. The first-order chi connectivity index (χ1) is 9.31. The first-order valence-electron chi connectivity index (χ1n) is 6.79. The Hall–Kier alpha value is -1.96. The van der Waals surface area contributed by atoms with Gasteiger partial charge in [-0.2, -0.15) is 0 Å². The highest BCUT2D eigenvalue weighted by atomic mass is 16.5. The highest BCUT2D eigenvalue weighted by Crippen LogP contribution is 2.17. The number of benzene rings is 2. The molecule has 19 heavy (non-hydrogen) atoms. The fraction of sp³-hybridized carbons (Fsp3) is 0.294. The number of aryl methyl sites for hydroxylation is 1. The minimum absolute atomic E-state index is 0.702. The molecule has 100 valence electrons. The third-order valence-corrected chi connectivity index (χ3v) is 3.22. The summed E-state index contributed by atoms with van der Waals surface area (Å²) < 4.78 is 5.85. The highest BCUT2D eigenvalue weighted by molar-refractivity contribution is 5.45.